The molecule has 0 aromatic carbocycles. The molecule has 0 aliphatic carbocycles. The Balaban J connectivity index is 3.04. The highest BCUT2D eigenvalue weighted by atomic mass is 16.5. The van der Waals surface area contributed by atoms with Crippen LogP contribution in [0, 0.1) is 0 Å². The number of nitrogens with zero attached hydrogens (tertiary/aromatic N) is 1. The van der Waals surface area contributed by atoms with E-state index < -0.39 is 5.97 Å². The van der Waals surface area contributed by atoms with Gasteiger partial charge in [-0.05, 0) is 20.3 Å². The van der Waals surface area contributed by atoms with Gasteiger partial charge in [0.25, 0.3) is 0 Å². The molecule has 1 aromatic heterocycles. The molecule has 0 atom stereocenters. The highest BCUT2D eigenvalue weighted by molar-refractivity contribution is 5.87. The lowest BCUT2D eigenvalue weighted by molar-refractivity contribution is 0.0593. The van der Waals surface area contributed by atoms with E-state index in [0.717, 1.165) is 6.42 Å². The molecule has 0 aliphatic heterocycles. The molecule has 0 N–H and O–H groups in total. The van der Waals surface area contributed by atoms with Gasteiger partial charge in [0.15, 0.2) is 17.2 Å². The van der Waals surface area contributed by atoms with E-state index in [1.807, 2.05) is 20.8 Å². The van der Waals surface area contributed by atoms with Crippen molar-refractivity contribution in [3.63, 3.8) is 0 Å². The molecule has 1 heterocycles. The number of hydrogen-bond donors (Lipinski definition) is 0. The summed E-state index contributed by atoms with van der Waals surface area (Å²) in [7, 11) is 2.82. The fourth-order valence-corrected chi connectivity index (χ4v) is 1.25. The molecule has 0 spiro atoms. The molecule has 0 unspecified atom stereocenters. The largest absolute Gasteiger partial charge is 0.493 e. The Morgan fingerprint density at radius 2 is 2.00 bits per heavy atom. The van der Waals surface area contributed by atoms with Crippen molar-refractivity contribution in [2.75, 3.05) is 14.2 Å². The zero-order valence-corrected chi connectivity index (χ0v) is 11.4. The van der Waals surface area contributed by atoms with Gasteiger partial charge in [0, 0.05) is 6.07 Å². The second-order valence-corrected chi connectivity index (χ2v) is 4.43. The quantitative estimate of drug-likeness (QED) is 0.754. The molecule has 0 bridgehead atoms. The van der Waals surface area contributed by atoms with Crippen LogP contribution < -0.4 is 9.47 Å². The number of methoxy groups -OCH3 is 2. The monoisotopic (exact) mass is 253 g/mol. The van der Waals surface area contributed by atoms with Crippen molar-refractivity contribution in [2.24, 2.45) is 0 Å². The van der Waals surface area contributed by atoms with Crippen LogP contribution in [0.25, 0.3) is 0 Å². The topological polar surface area (TPSA) is 57.7 Å². The summed E-state index contributed by atoms with van der Waals surface area (Å²) >= 11 is 0. The van der Waals surface area contributed by atoms with E-state index in [1.54, 1.807) is 0 Å². The molecular formula is C13H19NO4. The minimum Gasteiger partial charge on any atom is -0.493 e. The Hall–Kier alpha value is -1.78. The molecule has 18 heavy (non-hydrogen) atoms. The third-order valence-electron chi connectivity index (χ3n) is 2.68. The Kier molecular flexibility index (Phi) is 4.53. The van der Waals surface area contributed by atoms with Crippen molar-refractivity contribution in [3.8, 4) is 11.5 Å². The van der Waals surface area contributed by atoms with Gasteiger partial charge >= 0.3 is 5.97 Å². The number of pyridine rings is 1. The van der Waals surface area contributed by atoms with E-state index >= 15 is 0 Å². The van der Waals surface area contributed by atoms with Crippen LogP contribution in [-0.4, -0.2) is 30.8 Å². The maximum atomic E-state index is 11.4. The van der Waals surface area contributed by atoms with Gasteiger partial charge in [-0.25, -0.2) is 9.78 Å². The van der Waals surface area contributed by atoms with Crippen molar-refractivity contribution in [3.05, 3.63) is 18.0 Å². The molecule has 0 saturated heterocycles. The Labute approximate surface area is 107 Å². The molecule has 1 aromatic rings. The van der Waals surface area contributed by atoms with E-state index in [2.05, 4.69) is 9.72 Å². The SMILES string of the molecule is CCC(C)(C)Oc1cnc(C(=O)OC)cc1OC. The van der Waals surface area contributed by atoms with E-state index in [9.17, 15) is 4.79 Å². The van der Waals surface area contributed by atoms with E-state index in [4.69, 9.17) is 9.47 Å². The third-order valence-corrected chi connectivity index (χ3v) is 2.68. The van der Waals surface area contributed by atoms with Gasteiger partial charge in [-0.2, -0.15) is 0 Å². The Bertz CT molecular complexity index is 429. The summed E-state index contributed by atoms with van der Waals surface area (Å²) < 4.78 is 15.6. The van der Waals surface area contributed by atoms with Crippen molar-refractivity contribution in [1.82, 2.24) is 4.98 Å². The van der Waals surface area contributed by atoms with Crippen LogP contribution in [0.1, 0.15) is 37.7 Å². The molecule has 0 amide bonds. The van der Waals surface area contributed by atoms with Crippen LogP contribution in [0.15, 0.2) is 12.3 Å². The standard InChI is InChI=1S/C13H19NO4/c1-6-13(2,3)18-11-8-14-9(12(15)17-5)7-10(11)16-4/h7-8H,6H2,1-5H3. The predicted molar refractivity (Wildman–Crippen MR) is 67.1 cm³/mol. The van der Waals surface area contributed by atoms with Crippen molar-refractivity contribution in [2.45, 2.75) is 32.8 Å². The van der Waals surface area contributed by atoms with Crippen molar-refractivity contribution in [1.29, 1.82) is 0 Å². The lowest BCUT2D eigenvalue weighted by Gasteiger charge is -2.25. The Morgan fingerprint density at radius 1 is 1.33 bits per heavy atom. The first-order chi connectivity index (χ1) is 8.43. The van der Waals surface area contributed by atoms with Crippen LogP contribution in [0.5, 0.6) is 11.5 Å². The molecule has 100 valence electrons. The number of carbonyl (C=O) groups excluding carboxylic acids is 1. The fourth-order valence-electron chi connectivity index (χ4n) is 1.25. The first-order valence-corrected chi connectivity index (χ1v) is 5.75. The first kappa shape index (κ1) is 14.3. The highest BCUT2D eigenvalue weighted by Gasteiger charge is 2.21. The normalized spacial score (nSPS) is 10.9. The lowest BCUT2D eigenvalue weighted by Crippen LogP contribution is -2.27. The fraction of sp³-hybridized carbons (Fsp3) is 0.538. The Morgan fingerprint density at radius 3 is 2.50 bits per heavy atom. The number of esters is 1. The van der Waals surface area contributed by atoms with Crippen LogP contribution in [0.2, 0.25) is 0 Å². The van der Waals surface area contributed by atoms with Gasteiger partial charge in [-0.1, -0.05) is 6.92 Å². The minimum atomic E-state index is -0.505. The molecule has 0 aliphatic rings. The van der Waals surface area contributed by atoms with Crippen molar-refractivity contribution < 1.29 is 19.0 Å². The molecule has 0 saturated carbocycles. The van der Waals surface area contributed by atoms with Gasteiger partial charge in [-0.15, -0.1) is 0 Å². The second kappa shape index (κ2) is 5.71. The van der Waals surface area contributed by atoms with Gasteiger partial charge in [0.2, 0.25) is 0 Å². The summed E-state index contributed by atoms with van der Waals surface area (Å²) in [5.41, 5.74) is -0.127. The summed E-state index contributed by atoms with van der Waals surface area (Å²) in [6.45, 7) is 5.98. The van der Waals surface area contributed by atoms with Crippen LogP contribution in [0.4, 0.5) is 0 Å². The van der Waals surface area contributed by atoms with Crippen LogP contribution >= 0.6 is 0 Å². The summed E-state index contributed by atoms with van der Waals surface area (Å²) in [4.78, 5) is 15.4. The second-order valence-electron chi connectivity index (χ2n) is 4.43. The third kappa shape index (κ3) is 3.35. The van der Waals surface area contributed by atoms with Crippen LogP contribution in [0.3, 0.4) is 0 Å². The molecule has 0 fully saturated rings. The maximum Gasteiger partial charge on any atom is 0.356 e. The number of aromatic nitrogens is 1. The molecule has 5 heteroatoms. The van der Waals surface area contributed by atoms with E-state index in [1.165, 1.54) is 26.5 Å². The van der Waals surface area contributed by atoms with Gasteiger partial charge in [0.05, 0.1) is 20.4 Å². The average Bonchev–Trinajstić information content (AvgIpc) is 2.38. The minimum absolute atomic E-state index is 0.191. The molecule has 5 nitrogen and oxygen atoms in total. The van der Waals surface area contributed by atoms with E-state index in [0.29, 0.717) is 11.5 Å². The van der Waals surface area contributed by atoms with Gasteiger partial charge in [-0.3, -0.25) is 0 Å². The molecular weight excluding hydrogens is 234 g/mol. The smallest absolute Gasteiger partial charge is 0.356 e. The number of rotatable bonds is 5. The van der Waals surface area contributed by atoms with Gasteiger partial charge < -0.3 is 14.2 Å². The number of ether oxygens (including phenoxy) is 3. The molecule has 0 radical (unpaired) electrons. The molecule has 1 rings (SSSR count). The summed E-state index contributed by atoms with van der Waals surface area (Å²) in [6.07, 6.45) is 2.32. The zero-order chi connectivity index (χ0) is 13.8. The van der Waals surface area contributed by atoms with Crippen LogP contribution in [-0.2, 0) is 4.74 Å². The zero-order valence-electron chi connectivity index (χ0n) is 11.4. The number of carbonyl (C=O) groups is 1. The summed E-state index contributed by atoms with van der Waals surface area (Å²) in [5.74, 6) is 0.471. The maximum absolute atomic E-state index is 11.4. The summed E-state index contributed by atoms with van der Waals surface area (Å²) in [6, 6.07) is 1.51. The van der Waals surface area contributed by atoms with Gasteiger partial charge in [0.1, 0.15) is 5.60 Å². The van der Waals surface area contributed by atoms with E-state index in [-0.39, 0.29) is 11.3 Å². The highest BCUT2D eigenvalue weighted by Crippen LogP contribution is 2.30. The first-order valence-electron chi connectivity index (χ1n) is 5.75. The average molecular weight is 253 g/mol. The summed E-state index contributed by atoms with van der Waals surface area (Å²) in [5, 5.41) is 0. The lowest BCUT2D eigenvalue weighted by atomic mass is 10.1. The van der Waals surface area contributed by atoms with Crippen molar-refractivity contribution >= 4 is 5.97 Å². The predicted octanol–water partition coefficient (Wildman–Crippen LogP) is 2.44. The number of hydrogen-bond acceptors (Lipinski definition) is 5.